The molecule has 4 atom stereocenters. The van der Waals surface area contributed by atoms with E-state index in [2.05, 4.69) is 15.3 Å². The first-order valence-electron chi connectivity index (χ1n) is 8.80. The molecule has 8 nitrogen and oxygen atoms in total. The topological polar surface area (TPSA) is 85.8 Å². The van der Waals surface area contributed by atoms with Gasteiger partial charge in [0, 0.05) is 20.3 Å². The van der Waals surface area contributed by atoms with Gasteiger partial charge in [-0.1, -0.05) is 6.07 Å². The van der Waals surface area contributed by atoms with Crippen LogP contribution in [-0.4, -0.2) is 79.0 Å². The van der Waals surface area contributed by atoms with E-state index in [1.54, 1.807) is 31.6 Å². The molecular formula is C18H22N4O4S. The highest BCUT2D eigenvalue weighted by molar-refractivity contribution is 7.13. The SMILES string of the molecule is CN(C)C(=O)CO[C@H]1CO[C@@H]2[C@@H]1OC[C@@H]2Nc1nccc(-c2cccs2)n1. The summed E-state index contributed by atoms with van der Waals surface area (Å²) >= 11 is 1.64. The van der Waals surface area contributed by atoms with E-state index >= 15 is 0 Å². The Bertz CT molecular complexity index is 785. The molecule has 0 saturated carbocycles. The Balaban J connectivity index is 1.37. The number of aromatic nitrogens is 2. The monoisotopic (exact) mass is 390 g/mol. The van der Waals surface area contributed by atoms with E-state index in [0.717, 1.165) is 10.6 Å². The molecule has 4 rings (SSSR count). The van der Waals surface area contributed by atoms with Crippen molar-refractivity contribution in [2.24, 2.45) is 0 Å². The largest absolute Gasteiger partial charge is 0.370 e. The van der Waals surface area contributed by atoms with E-state index < -0.39 is 0 Å². The lowest BCUT2D eigenvalue weighted by Crippen LogP contribution is -2.38. The van der Waals surface area contributed by atoms with E-state index in [-0.39, 0.29) is 36.9 Å². The summed E-state index contributed by atoms with van der Waals surface area (Å²) in [7, 11) is 3.41. The Kier molecular flexibility index (Phi) is 5.35. The van der Waals surface area contributed by atoms with Crippen molar-refractivity contribution in [2.75, 3.05) is 39.2 Å². The summed E-state index contributed by atoms with van der Waals surface area (Å²) in [5.74, 6) is 0.468. The molecule has 2 aromatic heterocycles. The molecule has 2 saturated heterocycles. The van der Waals surface area contributed by atoms with Gasteiger partial charge in [0.2, 0.25) is 11.9 Å². The molecule has 0 radical (unpaired) electrons. The third-order valence-electron chi connectivity index (χ3n) is 4.67. The zero-order valence-corrected chi connectivity index (χ0v) is 16.0. The van der Waals surface area contributed by atoms with Crippen LogP contribution in [0.2, 0.25) is 0 Å². The van der Waals surface area contributed by atoms with Crippen LogP contribution >= 0.6 is 11.3 Å². The number of hydrogen-bond acceptors (Lipinski definition) is 8. The fourth-order valence-corrected chi connectivity index (χ4v) is 3.89. The molecule has 0 aliphatic carbocycles. The Hall–Kier alpha value is -2.07. The van der Waals surface area contributed by atoms with Crippen molar-refractivity contribution in [1.82, 2.24) is 14.9 Å². The van der Waals surface area contributed by atoms with Crippen LogP contribution in [-0.2, 0) is 19.0 Å². The smallest absolute Gasteiger partial charge is 0.248 e. The molecule has 2 aliphatic heterocycles. The highest BCUT2D eigenvalue weighted by atomic mass is 32.1. The summed E-state index contributed by atoms with van der Waals surface area (Å²) < 4.78 is 17.5. The summed E-state index contributed by atoms with van der Waals surface area (Å²) in [6.45, 7) is 0.908. The average molecular weight is 390 g/mol. The minimum Gasteiger partial charge on any atom is -0.370 e. The van der Waals surface area contributed by atoms with E-state index in [0.29, 0.717) is 19.2 Å². The van der Waals surface area contributed by atoms with Gasteiger partial charge in [-0.3, -0.25) is 4.79 Å². The molecule has 0 spiro atoms. The molecule has 0 bridgehead atoms. The molecule has 2 aliphatic rings. The number of likely N-dealkylation sites (N-methyl/N-ethyl adjacent to an activating group) is 1. The maximum Gasteiger partial charge on any atom is 0.248 e. The third kappa shape index (κ3) is 3.96. The van der Waals surface area contributed by atoms with Crippen molar-refractivity contribution in [3.8, 4) is 10.6 Å². The molecule has 2 fully saturated rings. The van der Waals surface area contributed by atoms with Crippen LogP contribution in [0.3, 0.4) is 0 Å². The normalized spacial score (nSPS) is 26.7. The summed E-state index contributed by atoms with van der Waals surface area (Å²) in [6, 6.07) is 5.86. The minimum atomic E-state index is -0.246. The van der Waals surface area contributed by atoms with Crippen LogP contribution in [0.5, 0.6) is 0 Å². The minimum absolute atomic E-state index is 0.0255. The molecule has 1 N–H and O–H groups in total. The van der Waals surface area contributed by atoms with Crippen molar-refractivity contribution < 1.29 is 19.0 Å². The van der Waals surface area contributed by atoms with Crippen molar-refractivity contribution >= 4 is 23.2 Å². The van der Waals surface area contributed by atoms with Gasteiger partial charge in [-0.05, 0) is 17.5 Å². The van der Waals surface area contributed by atoms with Crippen LogP contribution in [0.15, 0.2) is 29.8 Å². The van der Waals surface area contributed by atoms with Crippen molar-refractivity contribution in [3.05, 3.63) is 29.8 Å². The third-order valence-corrected chi connectivity index (χ3v) is 5.56. The maximum absolute atomic E-state index is 11.7. The second-order valence-corrected chi connectivity index (χ2v) is 7.67. The number of rotatable bonds is 6. The molecule has 0 unspecified atom stereocenters. The number of thiophene rings is 1. The van der Waals surface area contributed by atoms with Crippen LogP contribution < -0.4 is 5.32 Å². The molecule has 1 amide bonds. The number of fused-ring (bicyclic) bond motifs is 1. The number of ether oxygens (including phenoxy) is 3. The maximum atomic E-state index is 11.7. The zero-order chi connectivity index (χ0) is 18.8. The lowest BCUT2D eigenvalue weighted by molar-refractivity contribution is -0.137. The number of anilines is 1. The first-order chi connectivity index (χ1) is 13.1. The highest BCUT2D eigenvalue weighted by Gasteiger charge is 2.48. The predicted octanol–water partition coefficient (Wildman–Crippen LogP) is 1.26. The van der Waals surface area contributed by atoms with Crippen LogP contribution in [0.1, 0.15) is 0 Å². The second-order valence-electron chi connectivity index (χ2n) is 6.73. The standard InChI is InChI=1S/C18H22N4O4S/c1-22(2)15(23)10-24-13-9-26-16-12(8-25-17(13)16)21-18-19-6-5-11(20-18)14-4-3-7-27-14/h3-7,12-13,16-17H,8-10H2,1-2H3,(H,19,20,21)/t12-,13-,16-,17+/m0/s1. The summed E-state index contributed by atoms with van der Waals surface area (Å²) in [4.78, 5) is 23.2. The van der Waals surface area contributed by atoms with Gasteiger partial charge in [-0.25, -0.2) is 9.97 Å². The van der Waals surface area contributed by atoms with E-state index in [9.17, 15) is 4.79 Å². The Labute approximate surface area is 161 Å². The Morgan fingerprint density at radius 1 is 1.33 bits per heavy atom. The molecular weight excluding hydrogens is 368 g/mol. The zero-order valence-electron chi connectivity index (χ0n) is 15.2. The first-order valence-corrected chi connectivity index (χ1v) is 9.68. The molecule has 27 heavy (non-hydrogen) atoms. The first kappa shape index (κ1) is 18.3. The van der Waals surface area contributed by atoms with Crippen molar-refractivity contribution in [2.45, 2.75) is 24.4 Å². The van der Waals surface area contributed by atoms with Crippen LogP contribution in [0, 0.1) is 0 Å². The lowest BCUT2D eigenvalue weighted by Gasteiger charge is -2.18. The van der Waals surface area contributed by atoms with Gasteiger partial charge in [-0.15, -0.1) is 11.3 Å². The van der Waals surface area contributed by atoms with Gasteiger partial charge in [0.05, 0.1) is 29.8 Å². The lowest BCUT2D eigenvalue weighted by atomic mass is 10.1. The van der Waals surface area contributed by atoms with E-state index in [1.165, 1.54) is 4.90 Å². The van der Waals surface area contributed by atoms with Crippen molar-refractivity contribution in [1.29, 1.82) is 0 Å². The highest BCUT2D eigenvalue weighted by Crippen LogP contribution is 2.30. The van der Waals surface area contributed by atoms with Gasteiger partial charge < -0.3 is 24.4 Å². The number of carbonyl (C=O) groups is 1. The van der Waals surface area contributed by atoms with Gasteiger partial charge in [0.15, 0.2) is 0 Å². The van der Waals surface area contributed by atoms with Gasteiger partial charge in [-0.2, -0.15) is 0 Å². The average Bonchev–Trinajstić information content (AvgIpc) is 3.39. The molecule has 4 heterocycles. The van der Waals surface area contributed by atoms with E-state index in [4.69, 9.17) is 14.2 Å². The van der Waals surface area contributed by atoms with Crippen molar-refractivity contribution in [3.63, 3.8) is 0 Å². The predicted molar refractivity (Wildman–Crippen MR) is 101 cm³/mol. The Morgan fingerprint density at radius 3 is 2.96 bits per heavy atom. The number of nitrogens with zero attached hydrogens (tertiary/aromatic N) is 3. The number of hydrogen-bond donors (Lipinski definition) is 1. The summed E-state index contributed by atoms with van der Waals surface area (Å²) in [5.41, 5.74) is 0.883. The fraction of sp³-hybridized carbons (Fsp3) is 0.500. The van der Waals surface area contributed by atoms with Gasteiger partial charge >= 0.3 is 0 Å². The quantitative estimate of drug-likeness (QED) is 0.795. The van der Waals surface area contributed by atoms with E-state index in [1.807, 2.05) is 23.6 Å². The van der Waals surface area contributed by atoms with Crippen LogP contribution in [0.25, 0.3) is 10.6 Å². The second kappa shape index (κ2) is 7.89. The molecule has 9 heteroatoms. The van der Waals surface area contributed by atoms with Gasteiger partial charge in [0.1, 0.15) is 24.9 Å². The number of carbonyl (C=O) groups excluding carboxylic acids is 1. The number of nitrogens with one attached hydrogen (secondary N) is 1. The van der Waals surface area contributed by atoms with Gasteiger partial charge in [0.25, 0.3) is 0 Å². The Morgan fingerprint density at radius 2 is 2.19 bits per heavy atom. The van der Waals surface area contributed by atoms with Crippen LogP contribution in [0.4, 0.5) is 5.95 Å². The fourth-order valence-electron chi connectivity index (χ4n) is 3.19. The molecule has 2 aromatic rings. The molecule has 0 aromatic carbocycles. The number of amides is 1. The summed E-state index contributed by atoms with van der Waals surface area (Å²) in [5, 5.41) is 5.34. The summed E-state index contributed by atoms with van der Waals surface area (Å²) in [6.07, 6.45) is 1.15. The molecule has 144 valence electrons.